The maximum atomic E-state index is 14.8. The Balaban J connectivity index is 1.73. The van der Waals surface area contributed by atoms with Crippen molar-refractivity contribution < 1.29 is 34.7 Å². The lowest BCUT2D eigenvalue weighted by atomic mass is 9.98. The number of aromatic nitrogens is 1. The second-order valence-electron chi connectivity index (χ2n) is 7.88. The number of aliphatic hydroxyl groups is 5. The Morgan fingerprint density at radius 3 is 2.29 bits per heavy atom. The molecule has 1 aliphatic heterocycles. The van der Waals surface area contributed by atoms with Gasteiger partial charge >= 0.3 is 0 Å². The number of ether oxygens (including phenoxy) is 1. The second-order valence-corrected chi connectivity index (χ2v) is 7.88. The van der Waals surface area contributed by atoms with Crippen molar-refractivity contribution in [1.29, 1.82) is 0 Å². The normalized spacial score (nSPS) is 26.5. The standard InChI is InChI=1S/C23H26FNO6/c24-16-2-1-3-17-19(16)15(10-14-6-4-13(5-7-14)8-9-26)11-25(17)23-22(30)21(29)20(28)18(12-27)31-23/h1-7,11,18,20-23,26-30H,8-10,12H2/t18-,20-,21+,22-,23-/m1/s1. The molecule has 1 aliphatic rings. The molecule has 166 valence electrons. The van der Waals surface area contributed by atoms with Crippen molar-refractivity contribution in [2.24, 2.45) is 0 Å². The van der Waals surface area contributed by atoms with Crippen molar-refractivity contribution in [3.63, 3.8) is 0 Å². The molecule has 5 atom stereocenters. The monoisotopic (exact) mass is 431 g/mol. The van der Waals surface area contributed by atoms with E-state index < -0.39 is 43.1 Å². The van der Waals surface area contributed by atoms with Crippen LogP contribution in [0.4, 0.5) is 4.39 Å². The number of nitrogens with zero attached hydrogens (tertiary/aromatic N) is 1. The molecule has 0 aliphatic carbocycles. The van der Waals surface area contributed by atoms with E-state index in [4.69, 9.17) is 9.84 Å². The molecule has 2 heterocycles. The first-order valence-electron chi connectivity index (χ1n) is 10.2. The number of hydrogen-bond acceptors (Lipinski definition) is 6. The van der Waals surface area contributed by atoms with Crippen LogP contribution in [-0.4, -0.2) is 67.7 Å². The van der Waals surface area contributed by atoms with Crippen molar-refractivity contribution >= 4 is 10.9 Å². The Bertz CT molecular complexity index is 1030. The smallest absolute Gasteiger partial charge is 0.163 e. The van der Waals surface area contributed by atoms with E-state index in [0.717, 1.165) is 11.1 Å². The first-order valence-corrected chi connectivity index (χ1v) is 10.2. The van der Waals surface area contributed by atoms with Crippen molar-refractivity contribution in [2.75, 3.05) is 13.2 Å². The molecule has 0 spiro atoms. The Morgan fingerprint density at radius 2 is 1.61 bits per heavy atom. The maximum Gasteiger partial charge on any atom is 0.163 e. The van der Waals surface area contributed by atoms with E-state index in [-0.39, 0.29) is 6.61 Å². The summed E-state index contributed by atoms with van der Waals surface area (Å²) in [5, 5.41) is 49.7. The molecular weight excluding hydrogens is 405 g/mol. The summed E-state index contributed by atoms with van der Waals surface area (Å²) in [6.45, 7) is -0.473. The van der Waals surface area contributed by atoms with Crippen LogP contribution in [-0.2, 0) is 17.6 Å². The van der Waals surface area contributed by atoms with Crippen LogP contribution in [0.25, 0.3) is 10.9 Å². The van der Waals surface area contributed by atoms with Gasteiger partial charge in [0, 0.05) is 18.2 Å². The number of halogens is 1. The molecule has 1 fully saturated rings. The van der Waals surface area contributed by atoms with Crippen LogP contribution in [0.3, 0.4) is 0 Å². The fourth-order valence-corrected chi connectivity index (χ4v) is 4.18. The number of benzene rings is 2. The van der Waals surface area contributed by atoms with Crippen LogP contribution in [0.1, 0.15) is 22.9 Å². The minimum atomic E-state index is -1.52. The quantitative estimate of drug-likeness (QED) is 0.396. The van der Waals surface area contributed by atoms with Crippen molar-refractivity contribution in [2.45, 2.75) is 43.5 Å². The predicted octanol–water partition coefficient (Wildman–Crippen LogP) is 0.878. The van der Waals surface area contributed by atoms with Crippen molar-refractivity contribution in [3.05, 3.63) is 71.2 Å². The van der Waals surface area contributed by atoms with Crippen LogP contribution < -0.4 is 0 Å². The Labute approximate surface area is 178 Å². The maximum absolute atomic E-state index is 14.8. The summed E-state index contributed by atoms with van der Waals surface area (Å²) < 4.78 is 22.0. The van der Waals surface area contributed by atoms with Gasteiger partial charge in [0.1, 0.15) is 30.2 Å². The Kier molecular flexibility index (Phi) is 6.38. The molecule has 0 amide bonds. The van der Waals surface area contributed by atoms with E-state index in [1.165, 1.54) is 10.6 Å². The number of hydrogen-bond donors (Lipinski definition) is 5. The van der Waals surface area contributed by atoms with Gasteiger partial charge in [0.15, 0.2) is 6.23 Å². The Hall–Kier alpha value is -2.33. The van der Waals surface area contributed by atoms with Crippen LogP contribution in [0.2, 0.25) is 0 Å². The zero-order valence-electron chi connectivity index (χ0n) is 16.8. The topological polar surface area (TPSA) is 115 Å². The van der Waals surface area contributed by atoms with Gasteiger partial charge in [0.05, 0.1) is 12.1 Å². The summed E-state index contributed by atoms with van der Waals surface area (Å²) in [7, 11) is 0. The molecule has 7 nitrogen and oxygen atoms in total. The van der Waals surface area contributed by atoms with Gasteiger partial charge in [-0.05, 0) is 41.7 Å². The minimum Gasteiger partial charge on any atom is -0.396 e. The lowest BCUT2D eigenvalue weighted by Crippen LogP contribution is -2.56. The molecule has 1 saturated heterocycles. The van der Waals surface area contributed by atoms with E-state index >= 15 is 0 Å². The summed E-state index contributed by atoms with van der Waals surface area (Å²) in [5.41, 5.74) is 3.08. The molecular formula is C23H26FNO6. The van der Waals surface area contributed by atoms with Gasteiger partial charge in [0.2, 0.25) is 0 Å². The highest BCUT2D eigenvalue weighted by atomic mass is 19.1. The van der Waals surface area contributed by atoms with Crippen molar-refractivity contribution in [3.8, 4) is 0 Å². The summed E-state index contributed by atoms with van der Waals surface area (Å²) in [4.78, 5) is 0. The third-order valence-corrected chi connectivity index (χ3v) is 5.85. The average molecular weight is 431 g/mol. The lowest BCUT2D eigenvalue weighted by molar-refractivity contribution is -0.250. The lowest BCUT2D eigenvalue weighted by Gasteiger charge is -2.40. The van der Waals surface area contributed by atoms with Gasteiger partial charge in [-0.1, -0.05) is 30.3 Å². The summed E-state index contributed by atoms with van der Waals surface area (Å²) in [5.74, 6) is -0.423. The van der Waals surface area contributed by atoms with Crippen molar-refractivity contribution in [1.82, 2.24) is 4.57 Å². The van der Waals surface area contributed by atoms with Crippen LogP contribution in [0, 0.1) is 5.82 Å². The third-order valence-electron chi connectivity index (χ3n) is 5.85. The van der Waals surface area contributed by atoms with E-state index in [2.05, 4.69) is 0 Å². The highest BCUT2D eigenvalue weighted by molar-refractivity contribution is 5.85. The summed E-state index contributed by atoms with van der Waals surface area (Å²) in [6, 6.07) is 12.3. The first kappa shape index (κ1) is 21.9. The molecule has 0 saturated carbocycles. The van der Waals surface area contributed by atoms with Gasteiger partial charge in [-0.25, -0.2) is 4.39 Å². The highest BCUT2D eigenvalue weighted by Crippen LogP contribution is 2.34. The van der Waals surface area contributed by atoms with Gasteiger partial charge in [-0.3, -0.25) is 0 Å². The number of fused-ring (bicyclic) bond motifs is 1. The molecule has 4 rings (SSSR count). The van der Waals surface area contributed by atoms with Gasteiger partial charge in [-0.15, -0.1) is 0 Å². The molecule has 3 aromatic rings. The molecule has 0 radical (unpaired) electrons. The zero-order valence-corrected chi connectivity index (χ0v) is 16.8. The average Bonchev–Trinajstić information content (AvgIpc) is 3.13. The van der Waals surface area contributed by atoms with Crippen LogP contribution in [0.5, 0.6) is 0 Å². The second kappa shape index (κ2) is 9.04. The van der Waals surface area contributed by atoms with E-state index in [9.17, 15) is 24.8 Å². The molecule has 0 unspecified atom stereocenters. The van der Waals surface area contributed by atoms with Gasteiger partial charge in [0.25, 0.3) is 0 Å². The number of aliphatic hydroxyl groups excluding tert-OH is 5. The number of rotatable bonds is 6. The molecule has 1 aromatic heterocycles. The zero-order chi connectivity index (χ0) is 22.1. The van der Waals surface area contributed by atoms with E-state index in [1.807, 2.05) is 24.3 Å². The SMILES string of the molecule is OCCc1ccc(Cc2cn([C@@H]3O[C@H](CO)[C@@H](O)[C@H](O)[C@H]3O)c3cccc(F)c23)cc1. The predicted molar refractivity (Wildman–Crippen MR) is 111 cm³/mol. The highest BCUT2D eigenvalue weighted by Gasteiger charge is 2.44. The summed E-state index contributed by atoms with van der Waals surface area (Å²) in [6.07, 6.45) is -3.98. The molecule has 8 heteroatoms. The third kappa shape index (κ3) is 4.10. The molecule has 2 aromatic carbocycles. The molecule has 31 heavy (non-hydrogen) atoms. The van der Waals surface area contributed by atoms with E-state index in [0.29, 0.717) is 29.3 Å². The van der Waals surface area contributed by atoms with Crippen LogP contribution >= 0.6 is 0 Å². The largest absolute Gasteiger partial charge is 0.396 e. The molecule has 5 N–H and O–H groups in total. The van der Waals surface area contributed by atoms with Gasteiger partial charge < -0.3 is 34.8 Å². The Morgan fingerprint density at radius 1 is 0.903 bits per heavy atom. The minimum absolute atomic E-state index is 0.0666. The first-order chi connectivity index (χ1) is 14.9. The van der Waals surface area contributed by atoms with Gasteiger partial charge in [-0.2, -0.15) is 0 Å². The fourth-order valence-electron chi connectivity index (χ4n) is 4.18. The van der Waals surface area contributed by atoms with E-state index in [1.54, 1.807) is 18.3 Å². The summed E-state index contributed by atoms with van der Waals surface area (Å²) >= 11 is 0. The van der Waals surface area contributed by atoms with Crippen LogP contribution in [0.15, 0.2) is 48.7 Å². The molecule has 0 bridgehead atoms. The fraction of sp³-hybridized carbons (Fsp3) is 0.391.